The lowest BCUT2D eigenvalue weighted by atomic mass is 9.95. The molecule has 0 bridgehead atoms. The highest BCUT2D eigenvalue weighted by Gasteiger charge is 2.21. The molecular weight excluding hydrogens is 384 g/mol. The molecule has 4 rings (SSSR count). The van der Waals surface area contributed by atoms with Gasteiger partial charge in [-0.2, -0.15) is 0 Å². The maximum Gasteiger partial charge on any atom is 0.147 e. The minimum absolute atomic E-state index is 0.197. The highest BCUT2D eigenvalue weighted by molar-refractivity contribution is 5.86. The third-order valence-corrected chi connectivity index (χ3v) is 5.61. The molecule has 0 radical (unpaired) electrons. The summed E-state index contributed by atoms with van der Waals surface area (Å²) in [5.41, 5.74) is 4.47. The van der Waals surface area contributed by atoms with Crippen LogP contribution >= 0.6 is 0 Å². The molecule has 158 valence electrons. The first-order chi connectivity index (χ1) is 15.1. The van der Waals surface area contributed by atoms with Gasteiger partial charge in [-0.3, -0.25) is 0 Å². The van der Waals surface area contributed by atoms with Gasteiger partial charge in [-0.15, -0.1) is 0 Å². The molecule has 0 fully saturated rings. The average molecular weight is 413 g/mol. The molecule has 4 aromatic rings. The van der Waals surface area contributed by atoms with Gasteiger partial charge >= 0.3 is 0 Å². The predicted molar refractivity (Wildman–Crippen MR) is 128 cm³/mol. The summed E-state index contributed by atoms with van der Waals surface area (Å²) >= 11 is 0. The molecule has 31 heavy (non-hydrogen) atoms. The molecule has 1 atom stereocenters. The Kier molecular flexibility index (Phi) is 6.03. The minimum atomic E-state index is -0.280. The minimum Gasteiger partial charge on any atom is -0.505 e. The second-order valence-electron chi connectivity index (χ2n) is 7.59. The van der Waals surface area contributed by atoms with Crippen LogP contribution in [0.4, 0.5) is 11.5 Å². The number of anilines is 2. The molecule has 0 aliphatic rings. The number of fused-ring (bicyclic) bond motifs is 1. The van der Waals surface area contributed by atoms with Gasteiger partial charge in [-0.05, 0) is 56.7 Å². The van der Waals surface area contributed by atoms with Gasteiger partial charge in [0, 0.05) is 41.6 Å². The van der Waals surface area contributed by atoms with Crippen LogP contribution in [0.25, 0.3) is 10.9 Å². The highest BCUT2D eigenvalue weighted by atomic mass is 16.3. The van der Waals surface area contributed by atoms with Crippen molar-refractivity contribution in [1.29, 1.82) is 0 Å². The van der Waals surface area contributed by atoms with Gasteiger partial charge in [-0.25, -0.2) is 9.97 Å². The van der Waals surface area contributed by atoms with E-state index < -0.39 is 0 Å². The summed E-state index contributed by atoms with van der Waals surface area (Å²) < 4.78 is 0. The molecule has 5 heteroatoms. The van der Waals surface area contributed by atoms with Crippen LogP contribution < -0.4 is 10.2 Å². The van der Waals surface area contributed by atoms with Crippen molar-refractivity contribution in [3.05, 3.63) is 89.7 Å². The molecule has 0 aliphatic carbocycles. The third kappa shape index (κ3) is 4.31. The van der Waals surface area contributed by atoms with Crippen LogP contribution in [0, 0.1) is 6.92 Å². The summed E-state index contributed by atoms with van der Waals surface area (Å²) in [6.07, 6.45) is 1.76. The van der Waals surface area contributed by atoms with Crippen LogP contribution in [0.3, 0.4) is 0 Å². The van der Waals surface area contributed by atoms with E-state index in [1.54, 1.807) is 6.20 Å². The van der Waals surface area contributed by atoms with Crippen molar-refractivity contribution in [1.82, 2.24) is 9.97 Å². The molecule has 2 heterocycles. The number of hydrogen-bond donors (Lipinski definition) is 2. The Morgan fingerprint density at radius 1 is 0.968 bits per heavy atom. The van der Waals surface area contributed by atoms with Gasteiger partial charge in [-0.1, -0.05) is 36.4 Å². The zero-order valence-electron chi connectivity index (χ0n) is 18.2. The van der Waals surface area contributed by atoms with Crippen molar-refractivity contribution >= 4 is 22.4 Å². The molecule has 0 saturated carbocycles. The van der Waals surface area contributed by atoms with Gasteiger partial charge in [0.05, 0.1) is 6.04 Å². The van der Waals surface area contributed by atoms with Crippen LogP contribution in [0.1, 0.15) is 36.7 Å². The summed E-state index contributed by atoms with van der Waals surface area (Å²) in [7, 11) is 0. The van der Waals surface area contributed by atoms with Crippen molar-refractivity contribution in [2.24, 2.45) is 0 Å². The van der Waals surface area contributed by atoms with Gasteiger partial charge in [0.15, 0.2) is 0 Å². The van der Waals surface area contributed by atoms with Crippen LogP contribution in [0.2, 0.25) is 0 Å². The zero-order chi connectivity index (χ0) is 21.8. The standard InChI is InChI=1S/C26H28N4O/c1-4-30(5-2)21-10-8-9-20(17-21)24(29-23-11-6-7-16-27-23)22-15-14-19-13-12-18(3)28-25(19)26(22)31/h6-17,24,31H,4-5H2,1-3H3,(H,27,29). The fourth-order valence-electron chi connectivity index (χ4n) is 3.95. The molecular formula is C26H28N4O. The van der Waals surface area contributed by atoms with Gasteiger partial charge < -0.3 is 15.3 Å². The SMILES string of the molecule is CCN(CC)c1cccc(C(Nc2ccccn2)c2ccc3ccc(C)nc3c2O)c1. The topological polar surface area (TPSA) is 61.3 Å². The summed E-state index contributed by atoms with van der Waals surface area (Å²) in [6.45, 7) is 8.11. The lowest BCUT2D eigenvalue weighted by molar-refractivity contribution is 0.471. The Bertz CT molecular complexity index is 1170. The average Bonchev–Trinajstić information content (AvgIpc) is 2.80. The number of phenols is 1. The quantitative estimate of drug-likeness (QED) is 0.408. The molecule has 0 aliphatic heterocycles. The molecule has 2 aromatic heterocycles. The number of aromatic nitrogens is 2. The van der Waals surface area contributed by atoms with Gasteiger partial charge in [0.1, 0.15) is 17.1 Å². The Balaban J connectivity index is 1.85. The van der Waals surface area contributed by atoms with Crippen molar-refractivity contribution in [2.45, 2.75) is 26.8 Å². The van der Waals surface area contributed by atoms with Crippen molar-refractivity contribution in [2.75, 3.05) is 23.3 Å². The number of aromatic hydroxyl groups is 1. The number of phenolic OH excluding ortho intramolecular Hbond substituents is 1. The number of pyridine rings is 2. The van der Waals surface area contributed by atoms with E-state index in [-0.39, 0.29) is 11.8 Å². The lowest BCUT2D eigenvalue weighted by Crippen LogP contribution is -2.22. The van der Waals surface area contributed by atoms with E-state index in [9.17, 15) is 5.11 Å². The second-order valence-corrected chi connectivity index (χ2v) is 7.59. The van der Waals surface area contributed by atoms with Gasteiger partial charge in [0.25, 0.3) is 0 Å². The molecule has 0 amide bonds. The molecule has 1 unspecified atom stereocenters. The van der Waals surface area contributed by atoms with Crippen molar-refractivity contribution in [3.8, 4) is 5.75 Å². The maximum absolute atomic E-state index is 11.2. The number of aryl methyl sites for hydroxylation is 1. The normalized spacial score (nSPS) is 12.0. The molecule has 2 aromatic carbocycles. The smallest absolute Gasteiger partial charge is 0.147 e. The highest BCUT2D eigenvalue weighted by Crippen LogP contribution is 2.37. The predicted octanol–water partition coefficient (Wildman–Crippen LogP) is 5.69. The Labute approximate surface area is 183 Å². The number of rotatable bonds is 7. The second kappa shape index (κ2) is 9.04. The molecule has 5 nitrogen and oxygen atoms in total. The van der Waals surface area contributed by atoms with Crippen LogP contribution in [0.5, 0.6) is 5.75 Å². The van der Waals surface area contributed by atoms with Crippen LogP contribution in [-0.2, 0) is 0 Å². The first-order valence-corrected chi connectivity index (χ1v) is 10.7. The van der Waals surface area contributed by atoms with E-state index >= 15 is 0 Å². The first-order valence-electron chi connectivity index (χ1n) is 10.7. The molecule has 0 saturated heterocycles. The van der Waals surface area contributed by atoms with Crippen molar-refractivity contribution < 1.29 is 5.11 Å². The van der Waals surface area contributed by atoms with E-state index in [0.717, 1.165) is 46.8 Å². The summed E-state index contributed by atoms with van der Waals surface area (Å²) in [5, 5.41) is 15.7. The largest absolute Gasteiger partial charge is 0.505 e. The fraction of sp³-hybridized carbons (Fsp3) is 0.231. The lowest BCUT2D eigenvalue weighted by Gasteiger charge is -2.25. The monoisotopic (exact) mass is 412 g/mol. The van der Waals surface area contributed by atoms with E-state index in [1.807, 2.05) is 49.4 Å². The number of benzene rings is 2. The zero-order valence-corrected chi connectivity index (χ0v) is 18.2. The van der Waals surface area contributed by atoms with E-state index in [0.29, 0.717) is 5.52 Å². The Morgan fingerprint density at radius 3 is 2.52 bits per heavy atom. The maximum atomic E-state index is 11.2. The number of nitrogens with one attached hydrogen (secondary N) is 1. The number of hydrogen-bond acceptors (Lipinski definition) is 5. The van der Waals surface area contributed by atoms with Crippen LogP contribution in [-0.4, -0.2) is 28.2 Å². The fourth-order valence-corrected chi connectivity index (χ4v) is 3.95. The van der Waals surface area contributed by atoms with E-state index in [1.165, 1.54) is 0 Å². The number of nitrogens with zero attached hydrogens (tertiary/aromatic N) is 3. The van der Waals surface area contributed by atoms with E-state index in [4.69, 9.17) is 0 Å². The summed E-state index contributed by atoms with van der Waals surface area (Å²) in [6, 6.07) is 21.9. The summed E-state index contributed by atoms with van der Waals surface area (Å²) in [4.78, 5) is 11.3. The van der Waals surface area contributed by atoms with Gasteiger partial charge in [0.2, 0.25) is 0 Å². The van der Waals surface area contributed by atoms with Crippen LogP contribution in [0.15, 0.2) is 72.9 Å². The third-order valence-electron chi connectivity index (χ3n) is 5.61. The van der Waals surface area contributed by atoms with Crippen molar-refractivity contribution in [3.63, 3.8) is 0 Å². The molecule has 2 N–H and O–H groups in total. The Hall–Kier alpha value is -3.60. The summed E-state index contributed by atoms with van der Waals surface area (Å²) in [5.74, 6) is 0.945. The Morgan fingerprint density at radius 2 is 1.77 bits per heavy atom. The van der Waals surface area contributed by atoms with E-state index in [2.05, 4.69) is 58.3 Å². The molecule has 0 spiro atoms. The first kappa shape index (κ1) is 20.7.